The average molecular weight is 198 g/mol. The Morgan fingerprint density at radius 2 is 2.69 bits per heavy atom. The molecule has 72 valence electrons. The maximum Gasteiger partial charge on any atom is 0.150 e. The molecule has 0 aliphatic carbocycles. The van der Waals surface area contributed by atoms with Crippen LogP contribution in [0.25, 0.3) is 0 Å². The summed E-state index contributed by atoms with van der Waals surface area (Å²) in [6, 6.07) is 2.54. The lowest BCUT2D eigenvalue weighted by atomic mass is 10.2. The van der Waals surface area contributed by atoms with Crippen LogP contribution in [0.2, 0.25) is 0 Å². The van der Waals surface area contributed by atoms with E-state index in [4.69, 9.17) is 4.52 Å². The van der Waals surface area contributed by atoms with Gasteiger partial charge in [0.2, 0.25) is 0 Å². The van der Waals surface area contributed by atoms with E-state index >= 15 is 0 Å². The zero-order valence-corrected chi connectivity index (χ0v) is 8.51. The highest BCUT2D eigenvalue weighted by Gasteiger charge is 2.23. The molecule has 4 heteroatoms. The molecular weight excluding hydrogens is 184 g/mol. The van der Waals surface area contributed by atoms with Gasteiger partial charge in [0.05, 0.1) is 12.7 Å². The summed E-state index contributed by atoms with van der Waals surface area (Å²) in [5.41, 5.74) is 0. The molecule has 0 aromatic carbocycles. The number of nitrogens with zero attached hydrogens (tertiary/aromatic N) is 1. The molecule has 2 heterocycles. The molecule has 0 spiro atoms. The van der Waals surface area contributed by atoms with E-state index in [0.29, 0.717) is 6.04 Å². The molecule has 3 nitrogen and oxygen atoms in total. The van der Waals surface area contributed by atoms with Crippen molar-refractivity contribution in [2.75, 3.05) is 5.75 Å². The normalized spacial score (nSPS) is 28.1. The Morgan fingerprint density at radius 1 is 1.77 bits per heavy atom. The summed E-state index contributed by atoms with van der Waals surface area (Å²) >= 11 is 2.03. The number of rotatable bonds is 3. The summed E-state index contributed by atoms with van der Waals surface area (Å²) in [4.78, 5) is 0. The van der Waals surface area contributed by atoms with E-state index in [1.165, 1.54) is 12.2 Å². The summed E-state index contributed by atoms with van der Waals surface area (Å²) in [5, 5.41) is 7.87. The Balaban J connectivity index is 1.79. The van der Waals surface area contributed by atoms with E-state index in [-0.39, 0.29) is 0 Å². The van der Waals surface area contributed by atoms with E-state index in [0.717, 1.165) is 17.6 Å². The summed E-state index contributed by atoms with van der Waals surface area (Å²) < 4.78 is 5.01. The first-order valence-corrected chi connectivity index (χ1v) is 5.65. The van der Waals surface area contributed by atoms with Crippen LogP contribution in [-0.4, -0.2) is 22.2 Å². The number of hydrogen-bond acceptors (Lipinski definition) is 4. The lowest BCUT2D eigenvalue weighted by Crippen LogP contribution is -2.32. The van der Waals surface area contributed by atoms with Crippen molar-refractivity contribution in [3.63, 3.8) is 0 Å². The number of hydrogen-bond donors (Lipinski definition) is 1. The first kappa shape index (κ1) is 9.09. The Kier molecular flexibility index (Phi) is 2.90. The third-order valence-electron chi connectivity index (χ3n) is 2.41. The molecule has 1 aliphatic heterocycles. The van der Waals surface area contributed by atoms with Crippen LogP contribution in [-0.2, 0) is 6.54 Å². The second-order valence-electron chi connectivity index (χ2n) is 3.33. The summed E-state index contributed by atoms with van der Waals surface area (Å²) in [6.45, 7) is 3.07. The minimum atomic E-state index is 0.634. The summed E-state index contributed by atoms with van der Waals surface area (Å²) in [7, 11) is 0. The zero-order chi connectivity index (χ0) is 9.10. The minimum absolute atomic E-state index is 0.634. The van der Waals surface area contributed by atoms with Crippen LogP contribution in [0.15, 0.2) is 16.8 Å². The maximum absolute atomic E-state index is 5.01. The van der Waals surface area contributed by atoms with E-state index in [9.17, 15) is 0 Å². The monoisotopic (exact) mass is 198 g/mol. The van der Waals surface area contributed by atoms with Crippen molar-refractivity contribution in [1.29, 1.82) is 0 Å². The van der Waals surface area contributed by atoms with Crippen LogP contribution in [0.5, 0.6) is 0 Å². The van der Waals surface area contributed by atoms with Gasteiger partial charge in [-0.2, -0.15) is 11.8 Å². The molecule has 1 aliphatic rings. The van der Waals surface area contributed by atoms with E-state index in [1.54, 1.807) is 6.20 Å². The van der Waals surface area contributed by atoms with Gasteiger partial charge >= 0.3 is 0 Å². The topological polar surface area (TPSA) is 38.1 Å². The maximum atomic E-state index is 5.01. The zero-order valence-electron chi connectivity index (χ0n) is 7.69. The Morgan fingerprint density at radius 3 is 3.31 bits per heavy atom. The molecular formula is C9H14N2OS. The van der Waals surface area contributed by atoms with Gasteiger partial charge in [0.25, 0.3) is 0 Å². The van der Waals surface area contributed by atoms with Crippen molar-refractivity contribution in [2.45, 2.75) is 31.2 Å². The quantitative estimate of drug-likeness (QED) is 0.801. The van der Waals surface area contributed by atoms with E-state index in [1.807, 2.05) is 17.8 Å². The van der Waals surface area contributed by atoms with Crippen LogP contribution in [0.1, 0.15) is 19.1 Å². The van der Waals surface area contributed by atoms with Crippen LogP contribution in [0, 0.1) is 0 Å². The molecule has 0 bridgehead atoms. The van der Waals surface area contributed by atoms with Gasteiger partial charge < -0.3 is 9.84 Å². The predicted octanol–water partition coefficient (Wildman–Crippen LogP) is 1.66. The Bertz CT molecular complexity index is 250. The highest BCUT2D eigenvalue weighted by Crippen LogP contribution is 2.26. The molecule has 2 atom stereocenters. The Labute approximate surface area is 82.3 Å². The molecule has 13 heavy (non-hydrogen) atoms. The molecule has 1 saturated heterocycles. The molecule has 1 aromatic heterocycles. The molecule has 0 radical (unpaired) electrons. The van der Waals surface area contributed by atoms with Gasteiger partial charge in [-0.25, -0.2) is 0 Å². The van der Waals surface area contributed by atoms with Crippen molar-refractivity contribution in [3.05, 3.63) is 18.0 Å². The fourth-order valence-corrected chi connectivity index (χ4v) is 2.79. The van der Waals surface area contributed by atoms with Gasteiger partial charge in [-0.3, -0.25) is 0 Å². The van der Waals surface area contributed by atoms with E-state index in [2.05, 4.69) is 17.4 Å². The van der Waals surface area contributed by atoms with Gasteiger partial charge in [-0.05, 0) is 12.2 Å². The standard InChI is InChI=1S/C9H14N2OS/c1-7-9(3-5-13-7)10-6-8-2-4-11-12-8/h2,4,7,9-10H,3,5-6H2,1H3. The fourth-order valence-electron chi connectivity index (χ4n) is 1.56. The van der Waals surface area contributed by atoms with Gasteiger partial charge in [0.15, 0.2) is 0 Å². The van der Waals surface area contributed by atoms with Crippen molar-refractivity contribution < 1.29 is 4.52 Å². The molecule has 1 N–H and O–H groups in total. The second-order valence-corrected chi connectivity index (χ2v) is 4.82. The predicted molar refractivity (Wildman–Crippen MR) is 53.7 cm³/mol. The lowest BCUT2D eigenvalue weighted by molar-refractivity contribution is 0.362. The highest BCUT2D eigenvalue weighted by atomic mass is 32.2. The lowest BCUT2D eigenvalue weighted by Gasteiger charge is -2.14. The van der Waals surface area contributed by atoms with Gasteiger partial charge in [0.1, 0.15) is 5.76 Å². The first-order valence-electron chi connectivity index (χ1n) is 4.61. The summed E-state index contributed by atoms with van der Waals surface area (Å²) in [6.07, 6.45) is 2.95. The van der Waals surface area contributed by atoms with Crippen molar-refractivity contribution in [1.82, 2.24) is 10.5 Å². The fraction of sp³-hybridized carbons (Fsp3) is 0.667. The van der Waals surface area contributed by atoms with Crippen molar-refractivity contribution in [2.24, 2.45) is 0 Å². The van der Waals surface area contributed by atoms with Crippen LogP contribution in [0.3, 0.4) is 0 Å². The van der Waals surface area contributed by atoms with Gasteiger partial charge in [0, 0.05) is 17.4 Å². The highest BCUT2D eigenvalue weighted by molar-refractivity contribution is 8.00. The number of aromatic nitrogens is 1. The molecule has 1 aromatic rings. The first-order chi connectivity index (χ1) is 6.36. The van der Waals surface area contributed by atoms with E-state index < -0.39 is 0 Å². The third kappa shape index (κ3) is 2.25. The smallest absolute Gasteiger partial charge is 0.150 e. The van der Waals surface area contributed by atoms with Crippen molar-refractivity contribution >= 4 is 11.8 Å². The average Bonchev–Trinajstić information content (AvgIpc) is 2.72. The van der Waals surface area contributed by atoms with Gasteiger partial charge in [-0.1, -0.05) is 12.1 Å². The molecule has 2 unspecified atom stereocenters. The number of nitrogens with one attached hydrogen (secondary N) is 1. The van der Waals surface area contributed by atoms with Crippen molar-refractivity contribution in [3.8, 4) is 0 Å². The summed E-state index contributed by atoms with van der Waals surface area (Å²) in [5.74, 6) is 2.19. The largest absolute Gasteiger partial charge is 0.360 e. The Hall–Kier alpha value is -0.480. The molecule has 2 rings (SSSR count). The second kappa shape index (κ2) is 4.15. The van der Waals surface area contributed by atoms with Crippen LogP contribution >= 0.6 is 11.8 Å². The van der Waals surface area contributed by atoms with Crippen LogP contribution < -0.4 is 5.32 Å². The molecule has 0 saturated carbocycles. The minimum Gasteiger partial charge on any atom is -0.360 e. The molecule has 1 fully saturated rings. The van der Waals surface area contributed by atoms with Gasteiger partial charge in [-0.15, -0.1) is 0 Å². The molecule has 0 amide bonds. The third-order valence-corrected chi connectivity index (χ3v) is 3.73. The number of thioether (sulfide) groups is 1. The van der Waals surface area contributed by atoms with Crippen LogP contribution in [0.4, 0.5) is 0 Å². The SMILES string of the molecule is CC1SCCC1NCc1ccno1.